The van der Waals surface area contributed by atoms with Crippen LogP contribution in [0.15, 0.2) is 18.2 Å². The number of benzene rings is 1. The molecule has 1 aliphatic rings. The molecule has 1 aliphatic heterocycles. The van der Waals surface area contributed by atoms with Crippen LogP contribution in [0.5, 0.6) is 11.5 Å². The largest absolute Gasteiger partial charge is 0.508 e. The summed E-state index contributed by atoms with van der Waals surface area (Å²) in [5.74, 6) is 1.21. The second kappa shape index (κ2) is 5.61. The Morgan fingerprint density at radius 1 is 1.28 bits per heavy atom. The quantitative estimate of drug-likeness (QED) is 0.831. The minimum Gasteiger partial charge on any atom is -0.508 e. The van der Waals surface area contributed by atoms with E-state index >= 15 is 0 Å². The summed E-state index contributed by atoms with van der Waals surface area (Å²) >= 11 is 0. The highest BCUT2D eigenvalue weighted by atomic mass is 16.5. The summed E-state index contributed by atoms with van der Waals surface area (Å²) in [5.41, 5.74) is 1.03. The first kappa shape index (κ1) is 13.2. The van der Waals surface area contributed by atoms with Gasteiger partial charge in [0.2, 0.25) is 0 Å². The first-order valence-corrected chi connectivity index (χ1v) is 6.63. The van der Waals surface area contributed by atoms with E-state index in [4.69, 9.17) is 9.47 Å². The second-order valence-corrected chi connectivity index (χ2v) is 5.25. The van der Waals surface area contributed by atoms with Crippen molar-refractivity contribution >= 4 is 0 Å². The molecule has 0 saturated carbocycles. The molecule has 1 aromatic carbocycles. The average Bonchev–Trinajstić information content (AvgIpc) is 2.37. The molecule has 1 heterocycles. The Morgan fingerprint density at radius 3 is 2.89 bits per heavy atom. The summed E-state index contributed by atoms with van der Waals surface area (Å²) in [7, 11) is 1.78. The molecule has 2 rings (SSSR count). The van der Waals surface area contributed by atoms with Crippen molar-refractivity contribution in [2.45, 2.75) is 44.6 Å². The first-order chi connectivity index (χ1) is 8.63. The number of hydrogen-bond acceptors (Lipinski definition) is 3. The highest BCUT2D eigenvalue weighted by Crippen LogP contribution is 2.29. The normalized spacial score (nSPS) is 25.0. The van der Waals surface area contributed by atoms with E-state index in [0.717, 1.165) is 43.4 Å². The minimum absolute atomic E-state index is 0.0750. The number of phenolic OH excluding ortho intramolecular Hbond substituents is 1. The van der Waals surface area contributed by atoms with Crippen molar-refractivity contribution in [3.8, 4) is 11.5 Å². The van der Waals surface area contributed by atoms with E-state index in [-0.39, 0.29) is 5.60 Å². The number of fused-ring (bicyclic) bond motifs is 1. The van der Waals surface area contributed by atoms with Crippen LogP contribution in [0.2, 0.25) is 0 Å². The lowest BCUT2D eigenvalue weighted by Gasteiger charge is -2.29. The maximum absolute atomic E-state index is 9.52. The zero-order valence-electron chi connectivity index (χ0n) is 11.2. The molecule has 0 radical (unpaired) electrons. The summed E-state index contributed by atoms with van der Waals surface area (Å²) in [6.45, 7) is 2.80. The summed E-state index contributed by atoms with van der Waals surface area (Å²) in [6.07, 6.45) is 5.13. The summed E-state index contributed by atoms with van der Waals surface area (Å²) in [4.78, 5) is 0. The van der Waals surface area contributed by atoms with Gasteiger partial charge in [-0.1, -0.05) is 6.42 Å². The van der Waals surface area contributed by atoms with E-state index in [0.29, 0.717) is 12.4 Å². The molecule has 0 bridgehead atoms. The van der Waals surface area contributed by atoms with Crippen LogP contribution in [0.4, 0.5) is 0 Å². The van der Waals surface area contributed by atoms with E-state index in [9.17, 15) is 5.11 Å². The average molecular weight is 250 g/mol. The lowest BCUT2D eigenvalue weighted by molar-refractivity contribution is -0.0195. The summed E-state index contributed by atoms with van der Waals surface area (Å²) < 4.78 is 11.4. The van der Waals surface area contributed by atoms with Crippen LogP contribution < -0.4 is 4.74 Å². The van der Waals surface area contributed by atoms with Crippen molar-refractivity contribution in [1.29, 1.82) is 0 Å². The molecule has 1 N–H and O–H groups in total. The monoisotopic (exact) mass is 250 g/mol. The van der Waals surface area contributed by atoms with Crippen molar-refractivity contribution in [3.05, 3.63) is 23.8 Å². The fourth-order valence-electron chi connectivity index (χ4n) is 2.42. The lowest BCUT2D eigenvalue weighted by Crippen LogP contribution is -2.30. The third-order valence-corrected chi connectivity index (χ3v) is 3.83. The Bertz CT molecular complexity index is 403. The summed E-state index contributed by atoms with van der Waals surface area (Å²) in [6, 6.07) is 5.35. The van der Waals surface area contributed by atoms with Crippen molar-refractivity contribution < 1.29 is 14.6 Å². The molecular formula is C15H22O3. The van der Waals surface area contributed by atoms with Gasteiger partial charge in [-0.3, -0.25) is 0 Å². The molecule has 1 atom stereocenters. The molecule has 3 heteroatoms. The van der Waals surface area contributed by atoms with Gasteiger partial charge in [-0.25, -0.2) is 0 Å². The molecule has 0 amide bonds. The Labute approximate surface area is 109 Å². The van der Waals surface area contributed by atoms with Crippen molar-refractivity contribution in [1.82, 2.24) is 0 Å². The molecule has 0 aromatic heterocycles. The van der Waals surface area contributed by atoms with E-state index < -0.39 is 0 Å². The highest BCUT2D eigenvalue weighted by molar-refractivity contribution is 5.39. The topological polar surface area (TPSA) is 38.7 Å². The van der Waals surface area contributed by atoms with E-state index in [1.165, 1.54) is 0 Å². The zero-order chi connectivity index (χ0) is 13.0. The van der Waals surface area contributed by atoms with Crippen molar-refractivity contribution in [2.75, 3.05) is 13.7 Å². The van der Waals surface area contributed by atoms with Gasteiger partial charge in [0.1, 0.15) is 11.5 Å². The maximum atomic E-state index is 9.52. The Balaban J connectivity index is 2.13. The van der Waals surface area contributed by atoms with Crippen LogP contribution in [0, 0.1) is 0 Å². The first-order valence-electron chi connectivity index (χ1n) is 6.63. The van der Waals surface area contributed by atoms with Crippen molar-refractivity contribution in [3.63, 3.8) is 0 Å². The van der Waals surface area contributed by atoms with Gasteiger partial charge in [0, 0.05) is 13.5 Å². The minimum atomic E-state index is -0.0750. The van der Waals surface area contributed by atoms with Gasteiger partial charge in [0.15, 0.2) is 0 Å². The number of aryl methyl sites for hydroxylation is 1. The van der Waals surface area contributed by atoms with Gasteiger partial charge in [0.25, 0.3) is 0 Å². The van der Waals surface area contributed by atoms with E-state index in [2.05, 4.69) is 6.92 Å². The van der Waals surface area contributed by atoms with Gasteiger partial charge in [-0.05, 0) is 49.9 Å². The molecular weight excluding hydrogens is 228 g/mol. The fraction of sp³-hybridized carbons (Fsp3) is 0.600. The SMILES string of the molecule is COC1(C)CCCCc2cc(O)ccc2OCC1. The van der Waals surface area contributed by atoms with Gasteiger partial charge >= 0.3 is 0 Å². The smallest absolute Gasteiger partial charge is 0.122 e. The second-order valence-electron chi connectivity index (χ2n) is 5.25. The summed E-state index contributed by atoms with van der Waals surface area (Å²) in [5, 5.41) is 9.52. The van der Waals surface area contributed by atoms with Crippen molar-refractivity contribution in [2.24, 2.45) is 0 Å². The van der Waals surface area contributed by atoms with Crippen LogP contribution >= 0.6 is 0 Å². The molecule has 100 valence electrons. The van der Waals surface area contributed by atoms with Crippen LogP contribution in [0.1, 0.15) is 38.2 Å². The van der Waals surface area contributed by atoms with Gasteiger partial charge in [0.05, 0.1) is 12.2 Å². The Morgan fingerprint density at radius 2 is 2.11 bits per heavy atom. The van der Waals surface area contributed by atoms with E-state index in [1.807, 2.05) is 12.1 Å². The number of aromatic hydroxyl groups is 1. The molecule has 1 unspecified atom stereocenters. The number of hydrogen-bond donors (Lipinski definition) is 1. The number of rotatable bonds is 1. The molecule has 0 fully saturated rings. The van der Waals surface area contributed by atoms with Crippen LogP contribution in [0.25, 0.3) is 0 Å². The van der Waals surface area contributed by atoms with Gasteiger partial charge < -0.3 is 14.6 Å². The highest BCUT2D eigenvalue weighted by Gasteiger charge is 2.24. The third-order valence-electron chi connectivity index (χ3n) is 3.83. The zero-order valence-corrected chi connectivity index (χ0v) is 11.2. The molecule has 3 nitrogen and oxygen atoms in total. The van der Waals surface area contributed by atoms with E-state index in [1.54, 1.807) is 13.2 Å². The van der Waals surface area contributed by atoms with Crippen LogP contribution in [0.3, 0.4) is 0 Å². The Hall–Kier alpha value is -1.22. The predicted molar refractivity (Wildman–Crippen MR) is 71.2 cm³/mol. The number of ether oxygens (including phenoxy) is 2. The standard InChI is InChI=1S/C15H22O3/c1-15(17-2)8-4-3-5-12-11-13(16)6-7-14(12)18-10-9-15/h6-7,11,16H,3-5,8-10H2,1-2H3. The maximum Gasteiger partial charge on any atom is 0.122 e. The predicted octanol–water partition coefficient (Wildman–Crippen LogP) is 3.29. The molecule has 1 aromatic rings. The van der Waals surface area contributed by atoms with Gasteiger partial charge in [-0.15, -0.1) is 0 Å². The molecule has 18 heavy (non-hydrogen) atoms. The van der Waals surface area contributed by atoms with Crippen LogP contribution in [-0.4, -0.2) is 24.4 Å². The fourth-order valence-corrected chi connectivity index (χ4v) is 2.42. The molecule has 0 saturated heterocycles. The molecule has 0 aliphatic carbocycles. The number of methoxy groups -OCH3 is 1. The number of phenols is 1. The lowest BCUT2D eigenvalue weighted by atomic mass is 9.93. The van der Waals surface area contributed by atoms with Gasteiger partial charge in [-0.2, -0.15) is 0 Å². The third kappa shape index (κ3) is 3.16. The Kier molecular flexibility index (Phi) is 4.12. The van der Waals surface area contributed by atoms with Crippen LogP contribution in [-0.2, 0) is 11.2 Å². The molecule has 0 spiro atoms.